The molecule has 1 fully saturated rings. The SMILES string of the molecule is O=C(CCN(CCc1ccccc1)C(=O)Nc1ccccc1Br)N1CCN(Cc2ccccc2)CC1. The van der Waals surface area contributed by atoms with Crippen molar-refractivity contribution in [3.63, 3.8) is 0 Å². The van der Waals surface area contributed by atoms with E-state index >= 15 is 0 Å². The van der Waals surface area contributed by atoms with E-state index in [0.717, 1.165) is 49.2 Å². The predicted molar refractivity (Wildman–Crippen MR) is 148 cm³/mol. The molecule has 0 unspecified atom stereocenters. The van der Waals surface area contributed by atoms with E-state index in [1.54, 1.807) is 4.90 Å². The summed E-state index contributed by atoms with van der Waals surface area (Å²) < 4.78 is 0.825. The Labute approximate surface area is 222 Å². The Morgan fingerprint density at radius 1 is 0.778 bits per heavy atom. The number of halogens is 1. The van der Waals surface area contributed by atoms with Crippen LogP contribution in [0.4, 0.5) is 10.5 Å². The van der Waals surface area contributed by atoms with Crippen LogP contribution in [-0.2, 0) is 17.8 Å². The molecule has 188 valence electrons. The highest BCUT2D eigenvalue weighted by Gasteiger charge is 2.23. The van der Waals surface area contributed by atoms with Gasteiger partial charge in [0.1, 0.15) is 0 Å². The first kappa shape index (κ1) is 25.9. The van der Waals surface area contributed by atoms with Gasteiger partial charge in [0.2, 0.25) is 5.91 Å². The Bertz CT molecular complexity index is 1120. The molecule has 1 saturated heterocycles. The molecule has 3 aromatic rings. The van der Waals surface area contributed by atoms with Gasteiger partial charge < -0.3 is 15.1 Å². The van der Waals surface area contributed by atoms with Crippen molar-refractivity contribution in [2.75, 3.05) is 44.6 Å². The zero-order valence-electron chi connectivity index (χ0n) is 20.5. The number of para-hydroxylation sites is 1. The van der Waals surface area contributed by atoms with Crippen molar-refractivity contribution in [1.82, 2.24) is 14.7 Å². The van der Waals surface area contributed by atoms with Crippen LogP contribution in [0.1, 0.15) is 17.5 Å². The monoisotopic (exact) mass is 548 g/mol. The smallest absolute Gasteiger partial charge is 0.321 e. The van der Waals surface area contributed by atoms with E-state index in [2.05, 4.69) is 62.5 Å². The van der Waals surface area contributed by atoms with Crippen molar-refractivity contribution in [2.45, 2.75) is 19.4 Å². The molecule has 1 aliphatic rings. The van der Waals surface area contributed by atoms with E-state index < -0.39 is 0 Å². The Kier molecular flexibility index (Phi) is 9.53. The number of piperazine rings is 1. The largest absolute Gasteiger partial charge is 0.340 e. The lowest BCUT2D eigenvalue weighted by molar-refractivity contribution is -0.133. The van der Waals surface area contributed by atoms with Crippen LogP contribution in [0.25, 0.3) is 0 Å². The van der Waals surface area contributed by atoms with Crippen LogP contribution in [0, 0.1) is 0 Å². The highest BCUT2D eigenvalue weighted by molar-refractivity contribution is 9.10. The molecular weight excluding hydrogens is 516 g/mol. The van der Waals surface area contributed by atoms with E-state index in [1.165, 1.54) is 5.56 Å². The Morgan fingerprint density at radius 2 is 1.39 bits per heavy atom. The minimum Gasteiger partial charge on any atom is -0.340 e. The van der Waals surface area contributed by atoms with Crippen LogP contribution < -0.4 is 5.32 Å². The normalized spacial score (nSPS) is 13.9. The van der Waals surface area contributed by atoms with Gasteiger partial charge in [0.15, 0.2) is 0 Å². The van der Waals surface area contributed by atoms with E-state index in [-0.39, 0.29) is 11.9 Å². The minimum absolute atomic E-state index is 0.104. The van der Waals surface area contributed by atoms with Crippen LogP contribution in [0.5, 0.6) is 0 Å². The molecule has 6 nitrogen and oxygen atoms in total. The zero-order chi connectivity index (χ0) is 25.2. The average molecular weight is 550 g/mol. The number of rotatable bonds is 9. The van der Waals surface area contributed by atoms with E-state index in [4.69, 9.17) is 0 Å². The third-order valence-electron chi connectivity index (χ3n) is 6.49. The summed E-state index contributed by atoms with van der Waals surface area (Å²) in [5.41, 5.74) is 3.17. The Morgan fingerprint density at radius 3 is 2.06 bits per heavy atom. The quantitative estimate of drug-likeness (QED) is 0.396. The van der Waals surface area contributed by atoms with Crippen LogP contribution in [0.3, 0.4) is 0 Å². The van der Waals surface area contributed by atoms with E-state index in [1.807, 2.05) is 53.4 Å². The van der Waals surface area contributed by atoms with Crippen molar-refractivity contribution in [3.8, 4) is 0 Å². The number of amides is 3. The highest BCUT2D eigenvalue weighted by Crippen LogP contribution is 2.21. The summed E-state index contributed by atoms with van der Waals surface area (Å²) in [5.74, 6) is 0.104. The number of carbonyl (C=O) groups excluding carboxylic acids is 2. The number of anilines is 1. The standard InChI is InChI=1S/C29H33BrN4O2/c30-26-13-7-8-14-27(26)31-29(36)34(17-15-24-9-3-1-4-10-24)18-16-28(35)33-21-19-32(20-22-33)23-25-11-5-2-6-12-25/h1-14H,15-23H2,(H,31,36). The van der Waals surface area contributed by atoms with Crippen molar-refractivity contribution < 1.29 is 9.59 Å². The van der Waals surface area contributed by atoms with Gasteiger partial charge in [0.05, 0.1) is 5.69 Å². The summed E-state index contributed by atoms with van der Waals surface area (Å²) in [7, 11) is 0. The zero-order valence-corrected chi connectivity index (χ0v) is 22.1. The number of nitrogens with one attached hydrogen (secondary N) is 1. The molecule has 0 aromatic heterocycles. The van der Waals surface area contributed by atoms with Gasteiger partial charge in [-0.1, -0.05) is 72.8 Å². The molecule has 0 aliphatic carbocycles. The summed E-state index contributed by atoms with van der Waals surface area (Å²) in [6.45, 7) is 5.00. The maximum Gasteiger partial charge on any atom is 0.321 e. The van der Waals surface area contributed by atoms with Gasteiger partial charge in [-0.3, -0.25) is 9.69 Å². The lowest BCUT2D eigenvalue weighted by atomic mass is 10.1. The Balaban J connectivity index is 1.30. The van der Waals surface area contributed by atoms with Gasteiger partial charge in [-0.15, -0.1) is 0 Å². The fraction of sp³-hybridized carbons (Fsp3) is 0.310. The molecule has 0 saturated carbocycles. The second kappa shape index (κ2) is 13.2. The van der Waals surface area contributed by atoms with Crippen LogP contribution >= 0.6 is 15.9 Å². The maximum atomic E-state index is 13.2. The second-order valence-electron chi connectivity index (χ2n) is 9.03. The number of carbonyl (C=O) groups is 2. The fourth-order valence-corrected chi connectivity index (χ4v) is 4.75. The molecule has 0 bridgehead atoms. The Hall–Kier alpha value is -3.16. The lowest BCUT2D eigenvalue weighted by Crippen LogP contribution is -2.49. The average Bonchev–Trinajstić information content (AvgIpc) is 2.91. The number of urea groups is 1. The summed E-state index contributed by atoms with van der Waals surface area (Å²) in [5, 5.41) is 2.99. The molecular formula is C29H33BrN4O2. The van der Waals surface area contributed by atoms with Gasteiger partial charge in [0, 0.05) is 56.7 Å². The molecule has 7 heteroatoms. The van der Waals surface area contributed by atoms with Gasteiger partial charge in [-0.25, -0.2) is 4.79 Å². The predicted octanol–water partition coefficient (Wildman–Crippen LogP) is 5.26. The summed E-state index contributed by atoms with van der Waals surface area (Å²) in [6, 6.07) is 27.9. The number of hydrogen-bond donors (Lipinski definition) is 1. The molecule has 0 spiro atoms. The fourth-order valence-electron chi connectivity index (χ4n) is 4.37. The van der Waals surface area contributed by atoms with Gasteiger partial charge >= 0.3 is 6.03 Å². The molecule has 4 rings (SSSR count). The first-order valence-corrected chi connectivity index (χ1v) is 13.3. The summed E-state index contributed by atoms with van der Waals surface area (Å²) >= 11 is 3.49. The van der Waals surface area contributed by atoms with Gasteiger partial charge in [-0.05, 0) is 45.6 Å². The van der Waals surface area contributed by atoms with Crippen LogP contribution in [0.2, 0.25) is 0 Å². The number of benzene rings is 3. The topological polar surface area (TPSA) is 55.9 Å². The van der Waals surface area contributed by atoms with Gasteiger partial charge in [0.25, 0.3) is 0 Å². The van der Waals surface area contributed by atoms with E-state index in [0.29, 0.717) is 25.2 Å². The third-order valence-corrected chi connectivity index (χ3v) is 7.18. The number of nitrogens with zero attached hydrogens (tertiary/aromatic N) is 3. The molecule has 36 heavy (non-hydrogen) atoms. The molecule has 1 N–H and O–H groups in total. The first-order chi connectivity index (χ1) is 17.6. The van der Waals surface area contributed by atoms with Crippen LogP contribution in [-0.4, -0.2) is 65.9 Å². The summed E-state index contributed by atoms with van der Waals surface area (Å²) in [6.07, 6.45) is 1.05. The van der Waals surface area contributed by atoms with Crippen molar-refractivity contribution in [3.05, 3.63) is 101 Å². The molecule has 0 radical (unpaired) electrons. The molecule has 3 aromatic carbocycles. The second-order valence-corrected chi connectivity index (χ2v) is 9.88. The third kappa shape index (κ3) is 7.67. The van der Waals surface area contributed by atoms with Gasteiger partial charge in [-0.2, -0.15) is 0 Å². The van der Waals surface area contributed by atoms with Crippen LogP contribution in [0.15, 0.2) is 89.4 Å². The molecule has 1 aliphatic heterocycles. The first-order valence-electron chi connectivity index (χ1n) is 12.5. The molecule has 1 heterocycles. The highest BCUT2D eigenvalue weighted by atomic mass is 79.9. The molecule has 3 amide bonds. The number of hydrogen-bond acceptors (Lipinski definition) is 3. The van der Waals surface area contributed by atoms with Crippen molar-refractivity contribution >= 4 is 33.6 Å². The van der Waals surface area contributed by atoms with Crippen molar-refractivity contribution in [1.29, 1.82) is 0 Å². The van der Waals surface area contributed by atoms with Crippen molar-refractivity contribution in [2.24, 2.45) is 0 Å². The summed E-state index contributed by atoms with van der Waals surface area (Å²) in [4.78, 5) is 32.2. The lowest BCUT2D eigenvalue weighted by Gasteiger charge is -2.35. The minimum atomic E-state index is -0.196. The molecule has 0 atom stereocenters. The maximum absolute atomic E-state index is 13.2. The van der Waals surface area contributed by atoms with E-state index in [9.17, 15) is 9.59 Å².